The first-order chi connectivity index (χ1) is 10.8. The third kappa shape index (κ3) is 8.60. The normalized spacial score (nSPS) is 12.1. The van der Waals surface area contributed by atoms with Crippen molar-refractivity contribution < 1.29 is 23.9 Å². The Hall–Kier alpha value is -2.37. The van der Waals surface area contributed by atoms with Crippen molar-refractivity contribution >= 4 is 18.3 Å². The first-order valence-electron chi connectivity index (χ1n) is 7.44. The van der Waals surface area contributed by atoms with Crippen LogP contribution < -0.4 is 5.32 Å². The minimum Gasteiger partial charge on any atom is -0.460 e. The van der Waals surface area contributed by atoms with E-state index in [0.717, 1.165) is 5.56 Å². The highest BCUT2D eigenvalue weighted by Gasteiger charge is 2.19. The monoisotopic (exact) mass is 321 g/mol. The molecule has 0 saturated heterocycles. The molecular formula is C17H23NO5. The molecule has 1 amide bonds. The maximum absolute atomic E-state index is 11.7. The Bertz CT molecular complexity index is 522. The summed E-state index contributed by atoms with van der Waals surface area (Å²) in [5.41, 5.74) is 0.273. The fraction of sp³-hybridized carbons (Fsp3) is 0.471. The number of esters is 1. The van der Waals surface area contributed by atoms with Gasteiger partial charge in [-0.1, -0.05) is 30.3 Å². The van der Waals surface area contributed by atoms with Crippen molar-refractivity contribution in [2.75, 3.05) is 0 Å². The highest BCUT2D eigenvalue weighted by molar-refractivity contribution is 5.74. The fourth-order valence-corrected chi connectivity index (χ4v) is 1.76. The summed E-state index contributed by atoms with van der Waals surface area (Å²) >= 11 is 0. The van der Waals surface area contributed by atoms with Crippen molar-refractivity contribution in [2.45, 2.75) is 51.9 Å². The summed E-state index contributed by atoms with van der Waals surface area (Å²) < 4.78 is 10.2. The van der Waals surface area contributed by atoms with Crippen molar-refractivity contribution in [1.29, 1.82) is 0 Å². The first-order valence-corrected chi connectivity index (χ1v) is 7.44. The van der Waals surface area contributed by atoms with E-state index < -0.39 is 23.7 Å². The number of hydrogen-bond donors (Lipinski definition) is 1. The topological polar surface area (TPSA) is 81.7 Å². The van der Waals surface area contributed by atoms with Crippen LogP contribution >= 0.6 is 0 Å². The second kappa shape index (κ2) is 8.92. The van der Waals surface area contributed by atoms with Gasteiger partial charge in [-0.05, 0) is 32.8 Å². The van der Waals surface area contributed by atoms with Crippen LogP contribution in [0.3, 0.4) is 0 Å². The van der Waals surface area contributed by atoms with Crippen LogP contribution in [0.4, 0.5) is 4.79 Å². The zero-order valence-electron chi connectivity index (χ0n) is 13.7. The lowest BCUT2D eigenvalue weighted by Crippen LogP contribution is -2.37. The molecule has 0 unspecified atom stereocenters. The van der Waals surface area contributed by atoms with E-state index in [9.17, 15) is 14.4 Å². The van der Waals surface area contributed by atoms with E-state index in [1.807, 2.05) is 30.3 Å². The smallest absolute Gasteiger partial charge is 0.408 e. The van der Waals surface area contributed by atoms with Crippen molar-refractivity contribution in [3.05, 3.63) is 35.9 Å². The molecule has 6 heteroatoms. The van der Waals surface area contributed by atoms with Gasteiger partial charge in [0.15, 0.2) is 0 Å². The molecule has 126 valence electrons. The number of ether oxygens (including phenoxy) is 2. The molecule has 0 aliphatic heterocycles. The van der Waals surface area contributed by atoms with Crippen molar-refractivity contribution in [3.8, 4) is 0 Å². The maximum atomic E-state index is 11.7. The van der Waals surface area contributed by atoms with E-state index in [0.29, 0.717) is 6.29 Å². The van der Waals surface area contributed by atoms with Gasteiger partial charge in [0.1, 0.15) is 18.5 Å². The van der Waals surface area contributed by atoms with Gasteiger partial charge in [0, 0.05) is 6.42 Å². The molecule has 0 heterocycles. The molecule has 0 bridgehead atoms. The average Bonchev–Trinajstić information content (AvgIpc) is 2.48. The summed E-state index contributed by atoms with van der Waals surface area (Å²) in [4.78, 5) is 34.2. The quantitative estimate of drug-likeness (QED) is 0.616. The zero-order valence-corrected chi connectivity index (χ0v) is 13.7. The van der Waals surface area contributed by atoms with Crippen LogP contribution in [0, 0.1) is 0 Å². The van der Waals surface area contributed by atoms with Crippen molar-refractivity contribution in [1.82, 2.24) is 5.32 Å². The van der Waals surface area contributed by atoms with Crippen molar-refractivity contribution in [3.63, 3.8) is 0 Å². The molecule has 1 rings (SSSR count). The van der Waals surface area contributed by atoms with E-state index in [-0.39, 0.29) is 19.4 Å². The van der Waals surface area contributed by atoms with Crippen LogP contribution in [0.15, 0.2) is 30.3 Å². The largest absolute Gasteiger partial charge is 0.460 e. The Labute approximate surface area is 136 Å². The Morgan fingerprint density at radius 3 is 2.43 bits per heavy atom. The van der Waals surface area contributed by atoms with Crippen LogP contribution in [-0.4, -0.2) is 30.0 Å². The Morgan fingerprint density at radius 1 is 1.22 bits per heavy atom. The molecule has 0 aliphatic rings. The number of nitrogens with one attached hydrogen (secondary N) is 1. The fourth-order valence-electron chi connectivity index (χ4n) is 1.76. The van der Waals surface area contributed by atoms with Crippen LogP contribution in [0.5, 0.6) is 0 Å². The van der Waals surface area contributed by atoms with Gasteiger partial charge in [0.2, 0.25) is 0 Å². The lowest BCUT2D eigenvalue weighted by molar-refractivity contribution is -0.155. The maximum Gasteiger partial charge on any atom is 0.408 e. The van der Waals surface area contributed by atoms with Gasteiger partial charge in [-0.3, -0.25) is 4.79 Å². The summed E-state index contributed by atoms with van der Waals surface area (Å²) in [6, 6.07) is 8.41. The average molecular weight is 321 g/mol. The molecular weight excluding hydrogens is 298 g/mol. The van der Waals surface area contributed by atoms with E-state index in [1.165, 1.54) is 0 Å². The van der Waals surface area contributed by atoms with Crippen LogP contribution in [0.1, 0.15) is 39.2 Å². The van der Waals surface area contributed by atoms with Crippen LogP contribution in [-0.2, 0) is 25.7 Å². The summed E-state index contributed by atoms with van der Waals surface area (Å²) in [6.07, 6.45) is 0.0854. The number of benzene rings is 1. The molecule has 1 aromatic carbocycles. The second-order valence-corrected chi connectivity index (χ2v) is 6.07. The number of amides is 1. The highest BCUT2D eigenvalue weighted by atomic mass is 16.6. The van der Waals surface area contributed by atoms with Crippen LogP contribution in [0.25, 0.3) is 0 Å². The van der Waals surface area contributed by atoms with Gasteiger partial charge < -0.3 is 19.6 Å². The summed E-state index contributed by atoms with van der Waals surface area (Å²) in [5, 5.41) is 2.42. The molecule has 0 saturated carbocycles. The zero-order chi connectivity index (χ0) is 17.3. The van der Waals surface area contributed by atoms with E-state index in [4.69, 9.17) is 9.47 Å². The summed E-state index contributed by atoms with van der Waals surface area (Å²) in [5.74, 6) is -0.413. The second-order valence-electron chi connectivity index (χ2n) is 6.07. The molecule has 0 fully saturated rings. The molecule has 6 nitrogen and oxygen atoms in total. The Kier molecular flexibility index (Phi) is 7.25. The number of alkyl carbamates (subject to hydrolysis) is 1. The third-order valence-electron chi connectivity index (χ3n) is 2.76. The van der Waals surface area contributed by atoms with Gasteiger partial charge in [-0.15, -0.1) is 0 Å². The van der Waals surface area contributed by atoms with Gasteiger partial charge in [-0.2, -0.15) is 0 Å². The SMILES string of the molecule is CC(C)(C)OC(=O)CC[C@@H](C=O)NC(=O)OCc1ccccc1. The predicted molar refractivity (Wildman–Crippen MR) is 84.7 cm³/mol. The minimum atomic E-state index is -0.786. The number of hydrogen-bond acceptors (Lipinski definition) is 5. The van der Waals surface area contributed by atoms with Gasteiger partial charge >= 0.3 is 12.1 Å². The molecule has 0 aromatic heterocycles. The molecule has 0 radical (unpaired) electrons. The molecule has 1 atom stereocenters. The van der Waals surface area contributed by atoms with E-state index in [2.05, 4.69) is 5.32 Å². The molecule has 0 spiro atoms. The van der Waals surface area contributed by atoms with Crippen LogP contribution in [0.2, 0.25) is 0 Å². The molecule has 23 heavy (non-hydrogen) atoms. The number of aldehydes is 1. The number of carbonyl (C=O) groups is 3. The lowest BCUT2D eigenvalue weighted by Gasteiger charge is -2.20. The predicted octanol–water partition coefficient (Wildman–Crippen LogP) is 2.60. The number of rotatable bonds is 7. The molecule has 0 aliphatic carbocycles. The standard InChI is InChI=1S/C17H23NO5/c1-17(2,3)23-15(20)10-9-14(11-19)18-16(21)22-12-13-7-5-4-6-8-13/h4-8,11,14H,9-10,12H2,1-3H3,(H,18,21)/t14-/m0/s1. The van der Waals surface area contributed by atoms with E-state index in [1.54, 1.807) is 20.8 Å². The van der Waals surface area contributed by atoms with Gasteiger partial charge in [0.25, 0.3) is 0 Å². The van der Waals surface area contributed by atoms with Gasteiger partial charge in [-0.25, -0.2) is 4.79 Å². The van der Waals surface area contributed by atoms with Crippen molar-refractivity contribution in [2.24, 2.45) is 0 Å². The first kappa shape index (κ1) is 18.7. The Balaban J connectivity index is 2.33. The summed E-state index contributed by atoms with van der Waals surface area (Å²) in [6.45, 7) is 5.41. The molecule has 1 aromatic rings. The number of carbonyl (C=O) groups excluding carboxylic acids is 3. The van der Waals surface area contributed by atoms with E-state index >= 15 is 0 Å². The third-order valence-corrected chi connectivity index (χ3v) is 2.76. The summed E-state index contributed by atoms with van der Waals surface area (Å²) in [7, 11) is 0. The lowest BCUT2D eigenvalue weighted by atomic mass is 10.1. The van der Waals surface area contributed by atoms with Gasteiger partial charge in [0.05, 0.1) is 6.04 Å². The highest BCUT2D eigenvalue weighted by Crippen LogP contribution is 2.10. The molecule has 1 N–H and O–H groups in total. The minimum absolute atomic E-state index is 0.0413. The Morgan fingerprint density at radius 2 is 1.87 bits per heavy atom.